The van der Waals surface area contributed by atoms with Gasteiger partial charge in [-0.15, -0.1) is 0 Å². The molecule has 0 aromatic carbocycles. The molecule has 0 saturated heterocycles. The highest BCUT2D eigenvalue weighted by molar-refractivity contribution is 6.04. The van der Waals surface area contributed by atoms with Gasteiger partial charge in [0.1, 0.15) is 11.6 Å². The van der Waals surface area contributed by atoms with Crippen molar-refractivity contribution in [3.63, 3.8) is 0 Å². The van der Waals surface area contributed by atoms with Gasteiger partial charge in [0.25, 0.3) is 5.91 Å². The van der Waals surface area contributed by atoms with E-state index in [1.54, 1.807) is 25.3 Å². The Morgan fingerprint density at radius 1 is 1.47 bits per heavy atom. The number of nitrogens with two attached hydrogens (primary N) is 1. The van der Waals surface area contributed by atoms with Crippen LogP contribution >= 0.6 is 0 Å². The first-order chi connectivity index (χ1) is 8.20. The minimum atomic E-state index is -0.232. The molecular formula is C12H13N3O2. The number of aromatic nitrogens is 1. The summed E-state index contributed by atoms with van der Waals surface area (Å²) in [5.74, 6) is 0.845. The van der Waals surface area contributed by atoms with Crippen LogP contribution in [-0.2, 0) is 6.54 Å². The zero-order valence-electron chi connectivity index (χ0n) is 9.43. The molecule has 2 aromatic rings. The van der Waals surface area contributed by atoms with E-state index in [9.17, 15) is 4.79 Å². The predicted molar refractivity (Wildman–Crippen MR) is 63.5 cm³/mol. The van der Waals surface area contributed by atoms with Gasteiger partial charge in [0.05, 0.1) is 11.8 Å². The molecular weight excluding hydrogens is 218 g/mol. The maximum Gasteiger partial charge on any atom is 0.260 e. The first kappa shape index (κ1) is 11.3. The maximum absolute atomic E-state index is 11.8. The van der Waals surface area contributed by atoms with Gasteiger partial charge in [0.15, 0.2) is 0 Å². The van der Waals surface area contributed by atoms with Gasteiger partial charge in [-0.1, -0.05) is 6.07 Å². The van der Waals surface area contributed by atoms with Crippen molar-refractivity contribution in [2.75, 3.05) is 5.32 Å². The molecule has 0 saturated carbocycles. The lowest BCUT2D eigenvalue weighted by Crippen LogP contribution is -2.13. The lowest BCUT2D eigenvalue weighted by Gasteiger charge is -2.04. The molecule has 0 aliphatic heterocycles. The number of hydrogen-bond acceptors (Lipinski definition) is 4. The van der Waals surface area contributed by atoms with Crippen molar-refractivity contribution >= 4 is 11.7 Å². The Labute approximate surface area is 98.6 Å². The quantitative estimate of drug-likeness (QED) is 0.842. The van der Waals surface area contributed by atoms with Crippen LogP contribution in [0, 0.1) is 6.92 Å². The van der Waals surface area contributed by atoms with Gasteiger partial charge < -0.3 is 15.5 Å². The number of anilines is 1. The van der Waals surface area contributed by atoms with Gasteiger partial charge in [-0.05, 0) is 24.6 Å². The highest BCUT2D eigenvalue weighted by Crippen LogP contribution is 2.12. The number of furan rings is 1. The lowest BCUT2D eigenvalue weighted by molar-refractivity contribution is 0.102. The van der Waals surface area contributed by atoms with Crippen LogP contribution in [0.2, 0.25) is 0 Å². The standard InChI is InChI=1S/C12H13N3O2/c1-8-10(4-5-17-8)12(16)15-11-3-2-9(6-13)7-14-11/h2-5,7H,6,13H2,1H3,(H,14,15,16). The van der Waals surface area contributed by atoms with E-state index in [-0.39, 0.29) is 5.91 Å². The fourth-order valence-corrected chi connectivity index (χ4v) is 1.42. The third-order valence-corrected chi connectivity index (χ3v) is 2.41. The fraction of sp³-hybridized carbons (Fsp3) is 0.167. The van der Waals surface area contributed by atoms with Crippen LogP contribution in [0.25, 0.3) is 0 Å². The normalized spacial score (nSPS) is 10.2. The Kier molecular flexibility index (Phi) is 3.20. The minimum absolute atomic E-state index is 0.232. The van der Waals surface area contributed by atoms with Crippen molar-refractivity contribution in [1.29, 1.82) is 0 Å². The molecule has 0 spiro atoms. The van der Waals surface area contributed by atoms with Crippen molar-refractivity contribution in [2.24, 2.45) is 5.73 Å². The van der Waals surface area contributed by atoms with E-state index in [0.717, 1.165) is 5.56 Å². The van der Waals surface area contributed by atoms with Gasteiger partial charge >= 0.3 is 0 Å². The predicted octanol–water partition coefficient (Wildman–Crippen LogP) is 1.69. The van der Waals surface area contributed by atoms with Crippen LogP contribution in [0.3, 0.4) is 0 Å². The summed E-state index contributed by atoms with van der Waals surface area (Å²) in [5.41, 5.74) is 6.89. The second-order valence-electron chi connectivity index (χ2n) is 3.60. The van der Waals surface area contributed by atoms with Gasteiger partial charge in [0.2, 0.25) is 0 Å². The summed E-state index contributed by atoms with van der Waals surface area (Å²) < 4.78 is 5.06. The zero-order chi connectivity index (χ0) is 12.3. The fourth-order valence-electron chi connectivity index (χ4n) is 1.42. The third kappa shape index (κ3) is 2.51. The minimum Gasteiger partial charge on any atom is -0.469 e. The van der Waals surface area contributed by atoms with Gasteiger partial charge in [-0.3, -0.25) is 4.79 Å². The molecule has 0 fully saturated rings. The van der Waals surface area contributed by atoms with Crippen LogP contribution in [-0.4, -0.2) is 10.9 Å². The molecule has 17 heavy (non-hydrogen) atoms. The number of carbonyl (C=O) groups excluding carboxylic acids is 1. The third-order valence-electron chi connectivity index (χ3n) is 2.41. The highest BCUT2D eigenvalue weighted by Gasteiger charge is 2.11. The Bertz CT molecular complexity index is 517. The number of amides is 1. The van der Waals surface area contributed by atoms with E-state index in [4.69, 9.17) is 10.2 Å². The molecule has 2 aromatic heterocycles. The monoisotopic (exact) mass is 231 g/mol. The van der Waals surface area contributed by atoms with E-state index in [1.165, 1.54) is 6.26 Å². The van der Waals surface area contributed by atoms with Gasteiger partial charge in [0, 0.05) is 12.7 Å². The van der Waals surface area contributed by atoms with Crippen LogP contribution in [0.4, 0.5) is 5.82 Å². The van der Waals surface area contributed by atoms with Crippen molar-refractivity contribution < 1.29 is 9.21 Å². The summed E-state index contributed by atoms with van der Waals surface area (Å²) >= 11 is 0. The molecule has 0 aliphatic rings. The van der Waals surface area contributed by atoms with Gasteiger partial charge in [-0.2, -0.15) is 0 Å². The molecule has 0 unspecified atom stereocenters. The summed E-state index contributed by atoms with van der Waals surface area (Å²) in [4.78, 5) is 15.9. The Hall–Kier alpha value is -2.14. The molecule has 2 rings (SSSR count). The first-order valence-electron chi connectivity index (χ1n) is 5.21. The number of rotatable bonds is 3. The maximum atomic E-state index is 11.8. The van der Waals surface area contributed by atoms with Gasteiger partial charge in [-0.25, -0.2) is 4.98 Å². The topological polar surface area (TPSA) is 81.2 Å². The average Bonchev–Trinajstić information content (AvgIpc) is 2.76. The van der Waals surface area contributed by atoms with Crippen LogP contribution in [0.15, 0.2) is 35.1 Å². The second-order valence-corrected chi connectivity index (χ2v) is 3.60. The number of nitrogens with one attached hydrogen (secondary N) is 1. The van der Waals surface area contributed by atoms with Crippen molar-refractivity contribution in [2.45, 2.75) is 13.5 Å². The average molecular weight is 231 g/mol. The van der Waals surface area contributed by atoms with E-state index in [0.29, 0.717) is 23.7 Å². The highest BCUT2D eigenvalue weighted by atomic mass is 16.3. The molecule has 0 atom stereocenters. The summed E-state index contributed by atoms with van der Waals surface area (Å²) in [6.07, 6.45) is 3.12. The first-order valence-corrected chi connectivity index (χ1v) is 5.21. The van der Waals surface area contributed by atoms with Crippen molar-refractivity contribution in [1.82, 2.24) is 4.98 Å². The Morgan fingerprint density at radius 2 is 2.29 bits per heavy atom. The number of nitrogens with zero attached hydrogens (tertiary/aromatic N) is 1. The second kappa shape index (κ2) is 4.80. The molecule has 0 bridgehead atoms. The van der Waals surface area contributed by atoms with Crippen LogP contribution in [0.1, 0.15) is 21.7 Å². The molecule has 88 valence electrons. The zero-order valence-corrected chi connectivity index (χ0v) is 9.43. The summed E-state index contributed by atoms with van der Waals surface area (Å²) in [6, 6.07) is 5.17. The molecule has 0 aliphatic carbocycles. The largest absolute Gasteiger partial charge is 0.469 e. The number of aryl methyl sites for hydroxylation is 1. The van der Waals surface area contributed by atoms with Crippen molar-refractivity contribution in [3.8, 4) is 0 Å². The molecule has 3 N–H and O–H groups in total. The molecule has 2 heterocycles. The Balaban J connectivity index is 2.10. The molecule has 5 nitrogen and oxygen atoms in total. The molecule has 5 heteroatoms. The Morgan fingerprint density at radius 3 is 2.82 bits per heavy atom. The van der Waals surface area contributed by atoms with E-state index < -0.39 is 0 Å². The summed E-state index contributed by atoms with van der Waals surface area (Å²) in [5, 5.41) is 2.69. The summed E-state index contributed by atoms with van der Waals surface area (Å²) in [6.45, 7) is 2.17. The number of hydrogen-bond donors (Lipinski definition) is 2. The van der Waals surface area contributed by atoms with E-state index >= 15 is 0 Å². The lowest BCUT2D eigenvalue weighted by atomic mass is 10.2. The van der Waals surface area contributed by atoms with Crippen molar-refractivity contribution in [3.05, 3.63) is 47.5 Å². The number of carbonyl (C=O) groups is 1. The summed E-state index contributed by atoms with van der Waals surface area (Å²) in [7, 11) is 0. The van der Waals surface area contributed by atoms with E-state index in [2.05, 4.69) is 10.3 Å². The molecule has 1 amide bonds. The SMILES string of the molecule is Cc1occc1C(=O)Nc1ccc(CN)cn1. The van der Waals surface area contributed by atoms with E-state index in [1.807, 2.05) is 6.07 Å². The number of pyridine rings is 1. The van der Waals surface area contributed by atoms with Crippen LogP contribution < -0.4 is 11.1 Å². The van der Waals surface area contributed by atoms with Crippen LogP contribution in [0.5, 0.6) is 0 Å². The smallest absolute Gasteiger partial charge is 0.260 e. The molecule has 0 radical (unpaired) electrons.